The molecule has 1 fully saturated rings. The maximum atomic E-state index is 12.9. The van der Waals surface area contributed by atoms with Crippen molar-refractivity contribution in [2.75, 3.05) is 18.4 Å². The molecule has 0 saturated carbocycles. The fourth-order valence-electron chi connectivity index (χ4n) is 3.49. The smallest absolute Gasteiger partial charge is 0.475 e. The highest BCUT2D eigenvalue weighted by atomic mass is 19.4. The van der Waals surface area contributed by atoms with E-state index >= 15 is 0 Å². The lowest BCUT2D eigenvalue weighted by Gasteiger charge is -2.31. The third-order valence-corrected chi connectivity index (χ3v) is 5.24. The maximum absolute atomic E-state index is 12.9. The van der Waals surface area contributed by atoms with E-state index in [9.17, 15) is 18.0 Å². The number of rotatable bonds is 5. The van der Waals surface area contributed by atoms with Crippen LogP contribution in [0.3, 0.4) is 0 Å². The first-order valence-corrected chi connectivity index (χ1v) is 10.6. The molecule has 0 aliphatic carbocycles. The van der Waals surface area contributed by atoms with Gasteiger partial charge in [0.25, 0.3) is 5.91 Å². The average molecular weight is 494 g/mol. The van der Waals surface area contributed by atoms with Crippen LogP contribution in [0.25, 0.3) is 0 Å². The van der Waals surface area contributed by atoms with Crippen LogP contribution in [0.1, 0.15) is 40.8 Å². The van der Waals surface area contributed by atoms with Crippen LogP contribution in [0.2, 0.25) is 0 Å². The lowest BCUT2D eigenvalue weighted by atomic mass is 9.95. The molecule has 3 heterocycles. The topological polar surface area (TPSA) is 155 Å². The highest BCUT2D eigenvalue weighted by Gasteiger charge is 2.38. The molecule has 188 valence electrons. The molecule has 1 aliphatic heterocycles. The first-order valence-electron chi connectivity index (χ1n) is 10.6. The maximum Gasteiger partial charge on any atom is 0.490 e. The fraction of sp³-hybridized carbons (Fsp3) is 0.381. The van der Waals surface area contributed by atoms with Gasteiger partial charge in [-0.05, 0) is 31.0 Å². The van der Waals surface area contributed by atoms with Gasteiger partial charge in [-0.3, -0.25) is 14.6 Å². The van der Waals surface area contributed by atoms with Gasteiger partial charge in [0.15, 0.2) is 5.82 Å². The van der Waals surface area contributed by atoms with E-state index in [2.05, 4.69) is 25.6 Å². The number of H-pyrrole nitrogens is 1. The summed E-state index contributed by atoms with van der Waals surface area (Å²) in [5.41, 5.74) is 8.01. The Bertz CT molecular complexity index is 1150. The quantitative estimate of drug-likeness (QED) is 0.421. The minimum Gasteiger partial charge on any atom is -0.475 e. The number of carboxylic acids is 1. The van der Waals surface area contributed by atoms with Gasteiger partial charge in [-0.2, -0.15) is 23.4 Å². The van der Waals surface area contributed by atoms with Crippen molar-refractivity contribution in [1.82, 2.24) is 29.9 Å². The first-order chi connectivity index (χ1) is 16.6. The number of aromatic nitrogens is 5. The van der Waals surface area contributed by atoms with Crippen molar-refractivity contribution < 1.29 is 27.9 Å². The molecule has 0 radical (unpaired) electrons. The minimum absolute atomic E-state index is 0.0471. The highest BCUT2D eigenvalue weighted by molar-refractivity contribution is 5.95. The van der Waals surface area contributed by atoms with E-state index < -0.39 is 12.1 Å². The highest BCUT2D eigenvalue weighted by Crippen LogP contribution is 2.27. The summed E-state index contributed by atoms with van der Waals surface area (Å²) in [6.45, 7) is 1.74. The Morgan fingerprint density at radius 1 is 1.26 bits per heavy atom. The third-order valence-electron chi connectivity index (χ3n) is 5.24. The van der Waals surface area contributed by atoms with Gasteiger partial charge in [0.2, 0.25) is 0 Å². The summed E-state index contributed by atoms with van der Waals surface area (Å²) in [5.74, 6) is -0.945. The molecule has 35 heavy (non-hydrogen) atoms. The van der Waals surface area contributed by atoms with Crippen LogP contribution in [-0.2, 0) is 18.4 Å². The number of aryl methyl sites for hydroxylation is 1. The van der Waals surface area contributed by atoms with Gasteiger partial charge in [0, 0.05) is 43.5 Å². The molecule has 1 saturated heterocycles. The summed E-state index contributed by atoms with van der Waals surface area (Å²) in [6, 6.07) is 7.56. The van der Waals surface area contributed by atoms with E-state index in [0.717, 1.165) is 30.0 Å². The zero-order valence-electron chi connectivity index (χ0n) is 18.8. The Kier molecular flexibility index (Phi) is 8.06. The molecular weight excluding hydrogens is 469 g/mol. The standard InChI is InChI=1S/C19H24N8O.C2HF3O2/c1-26-12-16(11-21-26)22-15-4-2-3-14(9-15)19(28)27-7-5-13(6-8-27)18-23-17(10-20)24-25-18;3-2(4,5)1(6)7/h2-4,9,11-13,22H,5-8,10,20H2,1H3,(H,23,24,25);(H,6,7). The number of amides is 1. The minimum atomic E-state index is -5.08. The molecule has 1 aromatic carbocycles. The molecule has 3 aromatic rings. The number of nitrogens with zero attached hydrogens (tertiary/aromatic N) is 5. The van der Waals surface area contributed by atoms with Crippen molar-refractivity contribution >= 4 is 23.3 Å². The number of hydrogen-bond acceptors (Lipinski definition) is 7. The Hall–Kier alpha value is -3.94. The number of likely N-dealkylation sites (tertiary alicyclic amines) is 1. The number of carboxylic acid groups (broad SMARTS) is 1. The van der Waals surface area contributed by atoms with Crippen molar-refractivity contribution in [2.24, 2.45) is 12.8 Å². The summed E-state index contributed by atoms with van der Waals surface area (Å²) in [6.07, 6.45) is 0.249. The SMILES string of the molecule is Cn1cc(Nc2cccc(C(=O)N3CCC(c4n[nH]c(CN)n4)CC3)c2)cn1.O=C(O)C(F)(F)F. The normalized spacial score (nSPS) is 14.3. The number of carbonyl (C=O) groups excluding carboxylic acids is 1. The first kappa shape index (κ1) is 25.7. The number of benzene rings is 1. The zero-order chi connectivity index (χ0) is 25.6. The summed E-state index contributed by atoms with van der Waals surface area (Å²) < 4.78 is 33.5. The lowest BCUT2D eigenvalue weighted by molar-refractivity contribution is -0.192. The van der Waals surface area contributed by atoms with E-state index in [1.54, 1.807) is 10.9 Å². The molecule has 11 nitrogen and oxygen atoms in total. The Morgan fingerprint density at radius 2 is 1.94 bits per heavy atom. The molecule has 2 aromatic heterocycles. The second kappa shape index (κ2) is 11.0. The van der Waals surface area contributed by atoms with Crippen molar-refractivity contribution in [1.29, 1.82) is 0 Å². The molecule has 0 atom stereocenters. The monoisotopic (exact) mass is 494 g/mol. The van der Waals surface area contributed by atoms with Crippen molar-refractivity contribution in [3.8, 4) is 0 Å². The van der Waals surface area contributed by atoms with Crippen LogP contribution >= 0.6 is 0 Å². The average Bonchev–Trinajstić information content (AvgIpc) is 3.47. The Balaban J connectivity index is 0.000000429. The Morgan fingerprint density at radius 3 is 2.49 bits per heavy atom. The van der Waals surface area contributed by atoms with Gasteiger partial charge in [-0.25, -0.2) is 9.78 Å². The van der Waals surface area contributed by atoms with Crippen LogP contribution in [-0.4, -0.2) is 66.1 Å². The van der Waals surface area contributed by atoms with Crippen LogP contribution in [0.15, 0.2) is 36.7 Å². The summed E-state index contributed by atoms with van der Waals surface area (Å²) in [4.78, 5) is 28.1. The zero-order valence-corrected chi connectivity index (χ0v) is 18.8. The number of piperidine rings is 1. The summed E-state index contributed by atoms with van der Waals surface area (Å²) in [7, 11) is 1.87. The van der Waals surface area contributed by atoms with Crippen LogP contribution in [0.4, 0.5) is 24.5 Å². The number of carbonyl (C=O) groups is 2. The number of anilines is 2. The van der Waals surface area contributed by atoms with E-state index in [0.29, 0.717) is 31.0 Å². The van der Waals surface area contributed by atoms with Crippen molar-refractivity contribution in [2.45, 2.75) is 31.5 Å². The molecule has 1 amide bonds. The number of nitrogens with one attached hydrogen (secondary N) is 2. The molecule has 4 rings (SSSR count). The number of alkyl halides is 3. The molecule has 1 aliphatic rings. The van der Waals surface area contributed by atoms with Gasteiger partial charge in [0.05, 0.1) is 18.4 Å². The van der Waals surface area contributed by atoms with Gasteiger partial charge in [-0.15, -0.1) is 0 Å². The number of halogens is 3. The molecule has 0 unspecified atom stereocenters. The van der Waals surface area contributed by atoms with Crippen LogP contribution in [0, 0.1) is 0 Å². The van der Waals surface area contributed by atoms with Crippen LogP contribution < -0.4 is 11.1 Å². The van der Waals surface area contributed by atoms with Gasteiger partial charge < -0.3 is 21.1 Å². The second-order valence-electron chi connectivity index (χ2n) is 7.82. The lowest BCUT2D eigenvalue weighted by Crippen LogP contribution is -2.38. The predicted octanol–water partition coefficient (Wildman–Crippen LogP) is 2.39. The predicted molar refractivity (Wildman–Crippen MR) is 119 cm³/mol. The van der Waals surface area contributed by atoms with E-state index in [4.69, 9.17) is 15.6 Å². The molecule has 14 heteroatoms. The van der Waals surface area contributed by atoms with Crippen molar-refractivity contribution in [3.05, 3.63) is 53.9 Å². The van der Waals surface area contributed by atoms with E-state index in [-0.39, 0.29) is 11.8 Å². The number of nitrogens with two attached hydrogens (primary N) is 1. The number of aromatic amines is 1. The largest absolute Gasteiger partial charge is 0.490 e. The van der Waals surface area contributed by atoms with Crippen molar-refractivity contribution in [3.63, 3.8) is 0 Å². The Labute approximate surface area is 198 Å². The molecule has 5 N–H and O–H groups in total. The number of hydrogen-bond donors (Lipinski definition) is 4. The summed E-state index contributed by atoms with van der Waals surface area (Å²) >= 11 is 0. The second-order valence-corrected chi connectivity index (χ2v) is 7.82. The fourth-order valence-corrected chi connectivity index (χ4v) is 3.49. The van der Waals surface area contributed by atoms with Crippen LogP contribution in [0.5, 0.6) is 0 Å². The van der Waals surface area contributed by atoms with E-state index in [1.165, 1.54) is 0 Å². The number of aliphatic carboxylic acids is 1. The summed E-state index contributed by atoms with van der Waals surface area (Å²) in [5, 5.41) is 21.7. The van der Waals surface area contributed by atoms with E-state index in [1.807, 2.05) is 42.4 Å². The third kappa shape index (κ3) is 7.02. The van der Waals surface area contributed by atoms with Gasteiger partial charge in [0.1, 0.15) is 5.82 Å². The van der Waals surface area contributed by atoms with Gasteiger partial charge >= 0.3 is 12.1 Å². The van der Waals surface area contributed by atoms with Gasteiger partial charge in [-0.1, -0.05) is 6.07 Å². The molecular formula is C21H25F3N8O3. The molecule has 0 spiro atoms. The molecule has 0 bridgehead atoms.